The van der Waals surface area contributed by atoms with Gasteiger partial charge in [0.1, 0.15) is 5.75 Å². The minimum Gasteiger partial charge on any atom is -0.479 e. The van der Waals surface area contributed by atoms with E-state index in [1.54, 1.807) is 31.2 Å². The first-order valence-corrected chi connectivity index (χ1v) is 4.38. The van der Waals surface area contributed by atoms with Crippen molar-refractivity contribution in [2.24, 2.45) is 0 Å². The average Bonchev–Trinajstić information content (AvgIpc) is 2.14. The molecule has 1 atom stereocenters. The Morgan fingerprint density at radius 3 is 2.86 bits per heavy atom. The van der Waals surface area contributed by atoms with Crippen LogP contribution in [0.25, 0.3) is 0 Å². The number of carbonyl (C=O) groups is 1. The number of nitrogen functional groups attached to an aromatic ring is 1. The summed E-state index contributed by atoms with van der Waals surface area (Å²) in [5.41, 5.74) is 6.08. The number of anilines is 1. The fraction of sp³-hybridized carbons (Fsp3) is 0.300. The summed E-state index contributed by atoms with van der Waals surface area (Å²) in [6, 6.07) is 6.72. The Hall–Kier alpha value is -1.71. The van der Waals surface area contributed by atoms with Crippen molar-refractivity contribution in [3.63, 3.8) is 0 Å². The number of benzene rings is 1. The molecule has 0 aliphatic rings. The van der Waals surface area contributed by atoms with Gasteiger partial charge >= 0.3 is 5.97 Å². The van der Waals surface area contributed by atoms with Crippen LogP contribution >= 0.6 is 0 Å². The third kappa shape index (κ3) is 2.65. The third-order valence-electron chi connectivity index (χ3n) is 1.78. The van der Waals surface area contributed by atoms with E-state index in [4.69, 9.17) is 15.6 Å². The minimum absolute atomic E-state index is 0.421. The molecule has 0 fully saturated rings. The lowest BCUT2D eigenvalue weighted by Gasteiger charge is -2.12. The van der Waals surface area contributed by atoms with Gasteiger partial charge < -0.3 is 15.6 Å². The monoisotopic (exact) mass is 195 g/mol. The minimum atomic E-state index is -0.963. The predicted octanol–water partition coefficient (Wildman–Crippen LogP) is 1.51. The second-order valence-electron chi connectivity index (χ2n) is 2.93. The number of carboxylic acid groups (broad SMARTS) is 1. The Bertz CT molecular complexity index is 325. The second-order valence-corrected chi connectivity index (χ2v) is 2.93. The Labute approximate surface area is 82.3 Å². The van der Waals surface area contributed by atoms with Crippen LogP contribution in [0.15, 0.2) is 24.3 Å². The molecule has 0 spiro atoms. The summed E-state index contributed by atoms with van der Waals surface area (Å²) >= 11 is 0. The van der Waals surface area contributed by atoms with E-state index in [0.29, 0.717) is 17.9 Å². The van der Waals surface area contributed by atoms with Crippen molar-refractivity contribution in [2.45, 2.75) is 19.4 Å². The highest BCUT2D eigenvalue weighted by molar-refractivity contribution is 5.72. The molecule has 0 aliphatic carbocycles. The molecule has 3 N–H and O–H groups in total. The lowest BCUT2D eigenvalue weighted by atomic mass is 10.2. The highest BCUT2D eigenvalue weighted by Gasteiger charge is 2.16. The normalized spacial score (nSPS) is 12.1. The van der Waals surface area contributed by atoms with E-state index in [1.165, 1.54) is 0 Å². The molecular weight excluding hydrogens is 182 g/mol. The van der Waals surface area contributed by atoms with Crippen molar-refractivity contribution < 1.29 is 14.6 Å². The summed E-state index contributed by atoms with van der Waals surface area (Å²) in [4.78, 5) is 10.7. The van der Waals surface area contributed by atoms with Gasteiger partial charge in [0.15, 0.2) is 6.10 Å². The molecule has 0 aromatic heterocycles. The number of carboxylic acids is 1. The topological polar surface area (TPSA) is 72.5 Å². The Morgan fingerprint density at radius 2 is 2.36 bits per heavy atom. The van der Waals surface area contributed by atoms with Crippen molar-refractivity contribution in [2.75, 3.05) is 5.73 Å². The van der Waals surface area contributed by atoms with Gasteiger partial charge in [-0.05, 0) is 18.6 Å². The van der Waals surface area contributed by atoms with E-state index in [9.17, 15) is 4.79 Å². The van der Waals surface area contributed by atoms with E-state index < -0.39 is 12.1 Å². The fourth-order valence-corrected chi connectivity index (χ4v) is 1.06. The lowest BCUT2D eigenvalue weighted by molar-refractivity contribution is -0.145. The van der Waals surface area contributed by atoms with Crippen molar-refractivity contribution in [3.8, 4) is 5.75 Å². The van der Waals surface area contributed by atoms with Crippen LogP contribution in [0.2, 0.25) is 0 Å². The maximum Gasteiger partial charge on any atom is 0.344 e. The van der Waals surface area contributed by atoms with Crippen molar-refractivity contribution in [1.82, 2.24) is 0 Å². The average molecular weight is 195 g/mol. The van der Waals surface area contributed by atoms with E-state index in [2.05, 4.69) is 0 Å². The molecule has 0 unspecified atom stereocenters. The number of rotatable bonds is 4. The molecule has 0 saturated heterocycles. The molecule has 4 nitrogen and oxygen atoms in total. The van der Waals surface area contributed by atoms with Gasteiger partial charge in [-0.15, -0.1) is 0 Å². The quantitative estimate of drug-likeness (QED) is 0.714. The van der Waals surface area contributed by atoms with Crippen LogP contribution in [0.5, 0.6) is 5.75 Å². The van der Waals surface area contributed by atoms with Gasteiger partial charge in [0.05, 0.1) is 0 Å². The van der Waals surface area contributed by atoms with Gasteiger partial charge in [0.2, 0.25) is 0 Å². The van der Waals surface area contributed by atoms with Crippen LogP contribution < -0.4 is 10.5 Å². The highest BCUT2D eigenvalue weighted by Crippen LogP contribution is 2.16. The van der Waals surface area contributed by atoms with Crippen LogP contribution in [0.3, 0.4) is 0 Å². The largest absolute Gasteiger partial charge is 0.479 e. The molecule has 1 rings (SSSR count). The zero-order valence-corrected chi connectivity index (χ0v) is 7.93. The molecule has 14 heavy (non-hydrogen) atoms. The van der Waals surface area contributed by atoms with Crippen molar-refractivity contribution in [3.05, 3.63) is 24.3 Å². The molecule has 0 aliphatic heterocycles. The third-order valence-corrected chi connectivity index (χ3v) is 1.78. The summed E-state index contributed by atoms with van der Waals surface area (Å²) in [6.07, 6.45) is -0.388. The molecule has 0 saturated carbocycles. The maximum atomic E-state index is 10.7. The van der Waals surface area contributed by atoms with Gasteiger partial charge in [-0.2, -0.15) is 0 Å². The van der Waals surface area contributed by atoms with Gasteiger partial charge in [-0.1, -0.05) is 13.0 Å². The second kappa shape index (κ2) is 4.50. The van der Waals surface area contributed by atoms with Crippen LogP contribution in [-0.4, -0.2) is 17.2 Å². The molecule has 4 heteroatoms. The zero-order valence-electron chi connectivity index (χ0n) is 7.93. The molecule has 0 heterocycles. The molecule has 1 aromatic rings. The Morgan fingerprint density at radius 1 is 1.64 bits per heavy atom. The number of ether oxygens (including phenoxy) is 1. The first kappa shape index (κ1) is 10.4. The van der Waals surface area contributed by atoms with Crippen molar-refractivity contribution in [1.29, 1.82) is 0 Å². The van der Waals surface area contributed by atoms with Crippen LogP contribution in [0.1, 0.15) is 13.3 Å². The molecule has 76 valence electrons. The molecule has 0 radical (unpaired) electrons. The SMILES string of the molecule is CC[C@H](Oc1cccc(N)c1)C(=O)O. The van der Waals surface area contributed by atoms with E-state index in [0.717, 1.165) is 0 Å². The smallest absolute Gasteiger partial charge is 0.344 e. The van der Waals surface area contributed by atoms with Crippen LogP contribution in [-0.2, 0) is 4.79 Å². The van der Waals surface area contributed by atoms with Crippen LogP contribution in [0.4, 0.5) is 5.69 Å². The van der Waals surface area contributed by atoms with Crippen molar-refractivity contribution >= 4 is 11.7 Å². The number of hydrogen-bond acceptors (Lipinski definition) is 3. The van der Waals surface area contributed by atoms with E-state index in [-0.39, 0.29) is 0 Å². The summed E-state index contributed by atoms with van der Waals surface area (Å²) in [5.74, 6) is -0.478. The first-order chi connectivity index (χ1) is 6.63. The summed E-state index contributed by atoms with van der Waals surface area (Å²) in [6.45, 7) is 1.76. The number of hydrogen-bond donors (Lipinski definition) is 2. The molecule has 0 amide bonds. The number of aliphatic carboxylic acids is 1. The highest BCUT2D eigenvalue weighted by atomic mass is 16.5. The van der Waals surface area contributed by atoms with E-state index in [1.807, 2.05) is 0 Å². The van der Waals surface area contributed by atoms with Crippen LogP contribution in [0, 0.1) is 0 Å². The maximum absolute atomic E-state index is 10.7. The summed E-state index contributed by atoms with van der Waals surface area (Å²) in [7, 11) is 0. The zero-order chi connectivity index (χ0) is 10.6. The fourth-order valence-electron chi connectivity index (χ4n) is 1.06. The van der Waals surface area contributed by atoms with Gasteiger partial charge in [0, 0.05) is 11.8 Å². The van der Waals surface area contributed by atoms with Gasteiger partial charge in [-0.3, -0.25) is 0 Å². The molecular formula is C10H13NO3. The predicted molar refractivity (Wildman–Crippen MR) is 53.2 cm³/mol. The summed E-state index contributed by atoms with van der Waals surface area (Å²) < 4.78 is 5.23. The first-order valence-electron chi connectivity index (χ1n) is 4.38. The molecule has 0 bridgehead atoms. The van der Waals surface area contributed by atoms with Gasteiger partial charge in [0.25, 0.3) is 0 Å². The molecule has 1 aromatic carbocycles. The standard InChI is InChI=1S/C10H13NO3/c1-2-9(10(12)13)14-8-5-3-4-7(11)6-8/h3-6,9H,2,11H2,1H3,(H,12,13)/t9-/m0/s1. The lowest BCUT2D eigenvalue weighted by Crippen LogP contribution is -2.25. The van der Waals surface area contributed by atoms with E-state index >= 15 is 0 Å². The summed E-state index contributed by atoms with van der Waals surface area (Å²) in [5, 5.41) is 8.75. The Kier molecular flexibility index (Phi) is 3.34. The van der Waals surface area contributed by atoms with Gasteiger partial charge in [-0.25, -0.2) is 4.79 Å². The number of nitrogens with two attached hydrogens (primary N) is 1. The Balaban J connectivity index is 2.72.